The highest BCUT2D eigenvalue weighted by Gasteiger charge is 2.32. The number of pyridine rings is 1. The standard InChI is InChI=1S/C24H33ClN4O2/c1-24(2,18-7-9-19(25)10-8-18)23(31)28-15-21(26)16-3-5-17(6-4-16)22(30)29-20-11-13-27-14-12-20/h7-14,16-17,21-22,30H,3-6,15,26H2,1-2H3,(H,27,29)(H,28,31). The van der Waals surface area contributed by atoms with E-state index in [0.717, 1.165) is 36.9 Å². The zero-order valence-corrected chi connectivity index (χ0v) is 19.0. The third-order valence-corrected chi connectivity index (χ3v) is 6.75. The quantitative estimate of drug-likeness (QED) is 0.465. The Kier molecular flexibility index (Phi) is 7.92. The van der Waals surface area contributed by atoms with E-state index in [2.05, 4.69) is 15.6 Å². The average molecular weight is 445 g/mol. The number of carbonyl (C=O) groups is 1. The lowest BCUT2D eigenvalue weighted by Gasteiger charge is -2.35. The Labute approximate surface area is 189 Å². The topological polar surface area (TPSA) is 100 Å². The van der Waals surface area contributed by atoms with Crippen molar-refractivity contribution in [1.82, 2.24) is 10.3 Å². The maximum Gasteiger partial charge on any atom is 0.230 e. The lowest BCUT2D eigenvalue weighted by atomic mass is 9.77. The van der Waals surface area contributed by atoms with Gasteiger partial charge >= 0.3 is 0 Å². The van der Waals surface area contributed by atoms with Crippen molar-refractivity contribution in [3.05, 3.63) is 59.4 Å². The first kappa shape index (κ1) is 23.5. The van der Waals surface area contributed by atoms with Crippen LogP contribution in [0.2, 0.25) is 5.02 Å². The number of aliphatic hydroxyl groups is 1. The molecule has 6 nitrogen and oxygen atoms in total. The number of hydrogen-bond acceptors (Lipinski definition) is 5. The van der Waals surface area contributed by atoms with Gasteiger partial charge in [0, 0.05) is 41.6 Å². The molecule has 2 atom stereocenters. The van der Waals surface area contributed by atoms with E-state index in [1.54, 1.807) is 24.5 Å². The Bertz CT molecular complexity index is 836. The molecular weight excluding hydrogens is 412 g/mol. The van der Waals surface area contributed by atoms with Crippen LogP contribution in [0.3, 0.4) is 0 Å². The molecule has 2 aromatic rings. The number of rotatable bonds is 8. The molecule has 0 spiro atoms. The molecular formula is C24H33ClN4O2. The Hall–Kier alpha value is -2.15. The highest BCUT2D eigenvalue weighted by Crippen LogP contribution is 2.33. The van der Waals surface area contributed by atoms with Crippen molar-refractivity contribution in [2.45, 2.75) is 57.2 Å². The number of carbonyl (C=O) groups excluding carboxylic acids is 1. The molecule has 2 unspecified atom stereocenters. The summed E-state index contributed by atoms with van der Waals surface area (Å²) in [6, 6.07) is 11.0. The number of aliphatic hydroxyl groups excluding tert-OH is 1. The van der Waals surface area contributed by atoms with Crippen LogP contribution in [0.25, 0.3) is 0 Å². The summed E-state index contributed by atoms with van der Waals surface area (Å²) in [6.45, 7) is 4.25. The molecule has 1 aromatic heterocycles. The molecule has 0 aliphatic heterocycles. The molecule has 1 fully saturated rings. The van der Waals surface area contributed by atoms with Crippen molar-refractivity contribution in [3.63, 3.8) is 0 Å². The van der Waals surface area contributed by atoms with Gasteiger partial charge in [0.25, 0.3) is 0 Å². The van der Waals surface area contributed by atoms with Crippen molar-refractivity contribution in [2.75, 3.05) is 11.9 Å². The van der Waals surface area contributed by atoms with E-state index in [1.165, 1.54) is 0 Å². The van der Waals surface area contributed by atoms with Crippen molar-refractivity contribution in [3.8, 4) is 0 Å². The predicted molar refractivity (Wildman–Crippen MR) is 125 cm³/mol. The molecule has 7 heteroatoms. The smallest absolute Gasteiger partial charge is 0.230 e. The van der Waals surface area contributed by atoms with E-state index in [4.69, 9.17) is 17.3 Å². The maximum absolute atomic E-state index is 12.8. The Morgan fingerprint density at radius 3 is 2.32 bits per heavy atom. The molecule has 1 heterocycles. The lowest BCUT2D eigenvalue weighted by molar-refractivity contribution is -0.125. The van der Waals surface area contributed by atoms with Gasteiger partial charge in [0.15, 0.2) is 0 Å². The monoisotopic (exact) mass is 444 g/mol. The summed E-state index contributed by atoms with van der Waals surface area (Å²) < 4.78 is 0. The minimum Gasteiger partial charge on any atom is -0.374 e. The van der Waals surface area contributed by atoms with Gasteiger partial charge in [0.2, 0.25) is 5.91 Å². The van der Waals surface area contributed by atoms with Gasteiger partial charge in [-0.2, -0.15) is 0 Å². The fourth-order valence-electron chi connectivity index (χ4n) is 4.22. The van der Waals surface area contributed by atoms with E-state index in [9.17, 15) is 9.90 Å². The SMILES string of the molecule is CC(C)(C(=O)NCC(N)C1CCC(C(O)Nc2ccncc2)CC1)c1ccc(Cl)cc1. The van der Waals surface area contributed by atoms with Gasteiger partial charge in [0.1, 0.15) is 6.23 Å². The van der Waals surface area contributed by atoms with Crippen LogP contribution in [0.15, 0.2) is 48.8 Å². The number of nitrogens with one attached hydrogen (secondary N) is 2. The summed E-state index contributed by atoms with van der Waals surface area (Å²) in [6.07, 6.45) is 6.51. The van der Waals surface area contributed by atoms with Crippen molar-refractivity contribution >= 4 is 23.2 Å². The molecule has 1 aliphatic carbocycles. The highest BCUT2D eigenvalue weighted by atomic mass is 35.5. The number of halogens is 1. The van der Waals surface area contributed by atoms with Gasteiger partial charge in [-0.3, -0.25) is 9.78 Å². The van der Waals surface area contributed by atoms with Crippen molar-refractivity contribution in [2.24, 2.45) is 17.6 Å². The van der Waals surface area contributed by atoms with E-state index in [0.29, 0.717) is 17.5 Å². The summed E-state index contributed by atoms with van der Waals surface area (Å²) in [5.74, 6) is 0.481. The molecule has 1 aromatic carbocycles. The fourth-order valence-corrected chi connectivity index (χ4v) is 4.35. The highest BCUT2D eigenvalue weighted by molar-refractivity contribution is 6.30. The molecule has 5 N–H and O–H groups in total. The molecule has 3 rings (SSSR count). The van der Waals surface area contributed by atoms with Crippen LogP contribution >= 0.6 is 11.6 Å². The lowest BCUT2D eigenvalue weighted by Crippen LogP contribution is -2.48. The fraction of sp³-hybridized carbons (Fsp3) is 0.500. The Morgan fingerprint density at radius 2 is 1.71 bits per heavy atom. The summed E-state index contributed by atoms with van der Waals surface area (Å²) in [4.78, 5) is 16.8. The van der Waals surface area contributed by atoms with Gasteiger partial charge in [0.05, 0.1) is 5.41 Å². The maximum atomic E-state index is 12.8. The Morgan fingerprint density at radius 1 is 1.13 bits per heavy atom. The number of hydrogen-bond donors (Lipinski definition) is 4. The van der Waals surface area contributed by atoms with Gasteiger partial charge in [-0.25, -0.2) is 0 Å². The van der Waals surface area contributed by atoms with Crippen molar-refractivity contribution < 1.29 is 9.90 Å². The second-order valence-electron chi connectivity index (χ2n) is 9.01. The summed E-state index contributed by atoms with van der Waals surface area (Å²) in [7, 11) is 0. The minimum atomic E-state index is -0.662. The van der Waals surface area contributed by atoms with Crippen LogP contribution in [0, 0.1) is 11.8 Å². The number of aromatic nitrogens is 1. The second kappa shape index (κ2) is 10.4. The third kappa shape index (κ3) is 6.19. The zero-order valence-electron chi connectivity index (χ0n) is 18.2. The van der Waals surface area contributed by atoms with E-state index in [1.807, 2.05) is 38.1 Å². The van der Waals surface area contributed by atoms with Crippen LogP contribution in [0.1, 0.15) is 45.1 Å². The molecule has 31 heavy (non-hydrogen) atoms. The van der Waals surface area contributed by atoms with Crippen LogP contribution in [-0.4, -0.2) is 34.8 Å². The largest absolute Gasteiger partial charge is 0.374 e. The molecule has 0 radical (unpaired) electrons. The molecule has 168 valence electrons. The molecule has 1 aliphatic rings. The van der Waals surface area contributed by atoms with Crippen LogP contribution in [0.4, 0.5) is 5.69 Å². The average Bonchev–Trinajstić information content (AvgIpc) is 2.78. The van der Waals surface area contributed by atoms with Crippen LogP contribution in [-0.2, 0) is 10.2 Å². The van der Waals surface area contributed by atoms with Gasteiger partial charge in [-0.05, 0) is 75.3 Å². The number of nitrogens with two attached hydrogens (primary N) is 1. The number of nitrogens with zero attached hydrogens (tertiary/aromatic N) is 1. The molecule has 0 bridgehead atoms. The number of anilines is 1. The van der Waals surface area contributed by atoms with Crippen molar-refractivity contribution in [1.29, 1.82) is 0 Å². The van der Waals surface area contributed by atoms with Crippen LogP contribution in [0.5, 0.6) is 0 Å². The zero-order chi connectivity index (χ0) is 22.4. The van der Waals surface area contributed by atoms with E-state index < -0.39 is 11.6 Å². The summed E-state index contributed by atoms with van der Waals surface area (Å²) >= 11 is 5.96. The first-order chi connectivity index (χ1) is 14.8. The third-order valence-electron chi connectivity index (χ3n) is 6.50. The van der Waals surface area contributed by atoms with Gasteiger partial charge < -0.3 is 21.5 Å². The summed E-state index contributed by atoms with van der Waals surface area (Å²) in [5.41, 5.74) is 7.55. The van der Waals surface area contributed by atoms with E-state index in [-0.39, 0.29) is 17.9 Å². The molecule has 1 saturated carbocycles. The summed E-state index contributed by atoms with van der Waals surface area (Å²) in [5, 5.41) is 17.4. The predicted octanol–water partition coefficient (Wildman–Crippen LogP) is 3.69. The number of benzene rings is 1. The first-order valence-electron chi connectivity index (χ1n) is 10.9. The minimum absolute atomic E-state index is 0.0454. The number of amides is 1. The van der Waals surface area contributed by atoms with Gasteiger partial charge in [-0.15, -0.1) is 0 Å². The van der Waals surface area contributed by atoms with E-state index >= 15 is 0 Å². The Balaban J connectivity index is 1.44. The molecule has 0 saturated heterocycles. The van der Waals surface area contributed by atoms with Crippen LogP contribution < -0.4 is 16.4 Å². The van der Waals surface area contributed by atoms with Gasteiger partial charge in [-0.1, -0.05) is 23.7 Å². The second-order valence-corrected chi connectivity index (χ2v) is 9.44. The normalized spacial score (nSPS) is 21.2. The first-order valence-corrected chi connectivity index (χ1v) is 11.3. The molecule has 1 amide bonds.